The van der Waals surface area contributed by atoms with Gasteiger partial charge in [-0.3, -0.25) is 9.58 Å². The first-order chi connectivity index (χ1) is 19.0. The first kappa shape index (κ1) is 26.1. The number of anilines is 2. The van der Waals surface area contributed by atoms with Gasteiger partial charge in [0.05, 0.1) is 18.1 Å². The van der Waals surface area contributed by atoms with Gasteiger partial charge in [0.15, 0.2) is 11.0 Å². The lowest BCUT2D eigenvalue weighted by atomic mass is 9.90. The second-order valence-electron chi connectivity index (χ2n) is 9.35. The van der Waals surface area contributed by atoms with Gasteiger partial charge in [-0.2, -0.15) is 15.3 Å². The van der Waals surface area contributed by atoms with E-state index in [0.29, 0.717) is 24.0 Å². The van der Waals surface area contributed by atoms with Gasteiger partial charge in [0.25, 0.3) is 0 Å². The minimum absolute atomic E-state index is 0.0668. The summed E-state index contributed by atoms with van der Waals surface area (Å²) in [5.74, 6) is 0.878. The van der Waals surface area contributed by atoms with Crippen molar-refractivity contribution in [3.8, 4) is 17.3 Å². The van der Waals surface area contributed by atoms with Gasteiger partial charge >= 0.3 is 6.03 Å². The zero-order valence-corrected chi connectivity index (χ0v) is 22.1. The van der Waals surface area contributed by atoms with Crippen molar-refractivity contribution in [1.29, 1.82) is 5.26 Å². The predicted octanol–water partition coefficient (Wildman–Crippen LogP) is 4.33. The number of hydrogen-bond donors (Lipinski definition) is 2. The molecule has 1 aliphatic rings. The molecule has 11 nitrogen and oxygen atoms in total. The van der Waals surface area contributed by atoms with Crippen molar-refractivity contribution in [2.24, 2.45) is 7.05 Å². The largest absolute Gasteiger partial charge is 0.351 e. The Morgan fingerprint density at radius 3 is 2.56 bits per heavy atom. The van der Waals surface area contributed by atoms with Crippen LogP contribution in [0.5, 0.6) is 0 Å². The molecule has 198 valence electrons. The van der Waals surface area contributed by atoms with Gasteiger partial charge < -0.3 is 10.6 Å². The summed E-state index contributed by atoms with van der Waals surface area (Å²) in [5.41, 5.74) is 2.79. The Balaban J connectivity index is 1.30. The lowest BCUT2D eigenvalue weighted by Gasteiger charge is -2.36. The van der Waals surface area contributed by atoms with E-state index in [1.165, 1.54) is 6.20 Å². The van der Waals surface area contributed by atoms with Gasteiger partial charge in [-0.1, -0.05) is 41.9 Å². The third kappa shape index (κ3) is 6.30. The Labute approximate surface area is 230 Å². The van der Waals surface area contributed by atoms with E-state index in [2.05, 4.69) is 35.9 Å². The van der Waals surface area contributed by atoms with Crippen LogP contribution < -0.4 is 15.5 Å². The van der Waals surface area contributed by atoms with Crippen LogP contribution in [0, 0.1) is 11.3 Å². The fourth-order valence-corrected chi connectivity index (χ4v) is 4.81. The van der Waals surface area contributed by atoms with E-state index in [1.807, 2.05) is 61.8 Å². The van der Waals surface area contributed by atoms with E-state index < -0.39 is 0 Å². The summed E-state index contributed by atoms with van der Waals surface area (Å²) in [5, 5.41) is 28.5. The molecular weight excluding hydrogens is 516 g/mol. The molecule has 0 spiro atoms. The highest BCUT2D eigenvalue weighted by Gasteiger charge is 2.31. The van der Waals surface area contributed by atoms with Crippen molar-refractivity contribution in [2.75, 3.05) is 10.2 Å². The van der Waals surface area contributed by atoms with Crippen LogP contribution >= 0.6 is 11.6 Å². The quantitative estimate of drug-likeness (QED) is 0.329. The number of urea groups is 1. The fraction of sp³-hybridized carbons (Fsp3) is 0.296. The summed E-state index contributed by atoms with van der Waals surface area (Å²) in [6.45, 7) is 0.408. The number of carbonyl (C=O) groups is 1. The van der Waals surface area contributed by atoms with Crippen molar-refractivity contribution in [3.05, 3.63) is 77.3 Å². The molecule has 2 amide bonds. The summed E-state index contributed by atoms with van der Waals surface area (Å²) < 4.78 is 1.71. The predicted molar refractivity (Wildman–Crippen MR) is 147 cm³/mol. The third-order valence-corrected chi connectivity index (χ3v) is 6.95. The number of rotatable bonds is 7. The molecule has 0 atom stereocenters. The maximum Gasteiger partial charge on any atom is 0.323 e. The monoisotopic (exact) mass is 542 g/mol. The molecule has 1 saturated carbocycles. The summed E-state index contributed by atoms with van der Waals surface area (Å²) in [6, 6.07) is 15.3. The molecule has 12 heteroatoms. The van der Waals surface area contributed by atoms with Crippen LogP contribution in [0.4, 0.5) is 16.6 Å². The Morgan fingerprint density at radius 2 is 1.92 bits per heavy atom. The van der Waals surface area contributed by atoms with Crippen LogP contribution in [0.25, 0.3) is 11.3 Å². The number of nitrogens with one attached hydrogen (secondary N) is 2. The SMILES string of the molecule is Cn1cc(-c2ccc(N(C(=O)NCc3ccccc3)[C@H]3CC[C@H](Nc4ncc(C#N)c(Cl)n4)CC3)nn2)cn1. The highest BCUT2D eigenvalue weighted by atomic mass is 35.5. The van der Waals surface area contributed by atoms with Gasteiger partial charge in [0, 0.05) is 37.4 Å². The zero-order chi connectivity index (χ0) is 27.2. The molecule has 3 aromatic heterocycles. The first-order valence-corrected chi connectivity index (χ1v) is 13.0. The molecule has 0 saturated heterocycles. The van der Waals surface area contributed by atoms with Crippen LogP contribution in [0.3, 0.4) is 0 Å². The van der Waals surface area contributed by atoms with E-state index >= 15 is 0 Å². The van der Waals surface area contributed by atoms with Gasteiger partial charge in [-0.05, 0) is 43.4 Å². The molecule has 0 unspecified atom stereocenters. The second kappa shape index (κ2) is 11.9. The minimum Gasteiger partial charge on any atom is -0.351 e. The molecule has 3 heterocycles. The minimum atomic E-state index is -0.221. The molecule has 0 bridgehead atoms. The molecule has 39 heavy (non-hydrogen) atoms. The van der Waals surface area contributed by atoms with Gasteiger partial charge in [-0.25, -0.2) is 9.78 Å². The number of hydrogen-bond acceptors (Lipinski definition) is 8. The lowest BCUT2D eigenvalue weighted by molar-refractivity contribution is 0.240. The molecule has 0 aliphatic heterocycles. The van der Waals surface area contributed by atoms with Crippen molar-refractivity contribution >= 4 is 29.4 Å². The molecule has 4 aromatic rings. The molecular formula is C27H27ClN10O. The summed E-state index contributed by atoms with van der Waals surface area (Å²) in [7, 11) is 1.84. The molecule has 0 radical (unpaired) electrons. The van der Waals surface area contributed by atoms with E-state index in [0.717, 1.165) is 36.8 Å². The number of nitrogens with zero attached hydrogens (tertiary/aromatic N) is 8. The van der Waals surface area contributed by atoms with Crippen LogP contribution in [0.15, 0.2) is 61.1 Å². The van der Waals surface area contributed by atoms with E-state index in [-0.39, 0.29) is 28.8 Å². The van der Waals surface area contributed by atoms with Crippen LogP contribution in [0.1, 0.15) is 36.8 Å². The van der Waals surface area contributed by atoms with Crippen molar-refractivity contribution < 1.29 is 4.79 Å². The van der Waals surface area contributed by atoms with Crippen molar-refractivity contribution in [2.45, 2.75) is 44.3 Å². The van der Waals surface area contributed by atoms with E-state index in [4.69, 9.17) is 16.9 Å². The highest BCUT2D eigenvalue weighted by molar-refractivity contribution is 6.30. The number of nitriles is 1. The van der Waals surface area contributed by atoms with E-state index in [1.54, 1.807) is 15.8 Å². The standard InChI is InChI=1S/C27H27ClN10O/c1-37-17-20(16-32-37)23-11-12-24(36-35-23)38(27(39)31-14-18-5-3-2-4-6-18)22-9-7-21(8-10-22)33-26-30-15-19(13-29)25(28)34-26/h2-6,11-12,15-17,21-22H,7-10,14H2,1H3,(H,31,39)(H,30,33,34)/t21-,22-. The third-order valence-electron chi connectivity index (χ3n) is 6.66. The smallest absolute Gasteiger partial charge is 0.323 e. The average molecular weight is 543 g/mol. The van der Waals surface area contributed by atoms with Crippen LogP contribution in [0.2, 0.25) is 5.15 Å². The van der Waals surface area contributed by atoms with Crippen LogP contribution in [-0.2, 0) is 13.6 Å². The zero-order valence-electron chi connectivity index (χ0n) is 21.3. The fourth-order valence-electron chi connectivity index (χ4n) is 4.64. The maximum absolute atomic E-state index is 13.5. The maximum atomic E-state index is 13.5. The van der Waals surface area contributed by atoms with Gasteiger partial charge in [0.2, 0.25) is 5.95 Å². The summed E-state index contributed by atoms with van der Waals surface area (Å²) in [4.78, 5) is 23.6. The molecule has 1 fully saturated rings. The molecule has 2 N–H and O–H groups in total. The normalized spacial score (nSPS) is 16.7. The Morgan fingerprint density at radius 1 is 1.13 bits per heavy atom. The molecule has 1 aromatic carbocycles. The highest BCUT2D eigenvalue weighted by Crippen LogP contribution is 2.29. The van der Waals surface area contributed by atoms with Crippen molar-refractivity contribution in [1.82, 2.24) is 35.3 Å². The number of aryl methyl sites for hydroxylation is 1. The Bertz CT molecular complexity index is 1460. The van der Waals surface area contributed by atoms with Crippen LogP contribution in [-0.4, -0.2) is 48.1 Å². The summed E-state index contributed by atoms with van der Waals surface area (Å²) >= 11 is 6.06. The number of benzene rings is 1. The number of amides is 2. The average Bonchev–Trinajstić information content (AvgIpc) is 3.40. The molecule has 5 rings (SSSR count). The summed E-state index contributed by atoms with van der Waals surface area (Å²) in [6.07, 6.45) is 8.07. The number of halogens is 1. The lowest BCUT2D eigenvalue weighted by Crippen LogP contribution is -2.49. The Hall–Kier alpha value is -4.56. The first-order valence-electron chi connectivity index (χ1n) is 12.6. The number of aromatic nitrogens is 6. The topological polar surface area (TPSA) is 138 Å². The Kier molecular flexibility index (Phi) is 7.94. The van der Waals surface area contributed by atoms with Gasteiger partial charge in [0.1, 0.15) is 11.6 Å². The van der Waals surface area contributed by atoms with Gasteiger partial charge in [-0.15, -0.1) is 10.2 Å². The number of carbonyl (C=O) groups excluding carboxylic acids is 1. The second-order valence-corrected chi connectivity index (χ2v) is 9.71. The van der Waals surface area contributed by atoms with Crippen molar-refractivity contribution in [3.63, 3.8) is 0 Å². The molecule has 1 aliphatic carbocycles. The van der Waals surface area contributed by atoms with E-state index in [9.17, 15) is 4.79 Å².